The van der Waals surface area contributed by atoms with Gasteiger partial charge in [-0.25, -0.2) is 0 Å². The van der Waals surface area contributed by atoms with Crippen molar-refractivity contribution >= 4 is 5.69 Å². The molecule has 0 saturated carbocycles. The summed E-state index contributed by atoms with van der Waals surface area (Å²) in [5.74, 6) is 0. The number of hydrogen-bond acceptors (Lipinski definition) is 2. The van der Waals surface area contributed by atoms with E-state index >= 15 is 0 Å². The number of aromatic nitrogens is 3. The number of H-pyrrole nitrogens is 2. The highest BCUT2D eigenvalue weighted by Crippen LogP contribution is 2.04. The topological polar surface area (TPSA) is 56.5 Å². The summed E-state index contributed by atoms with van der Waals surface area (Å²) in [4.78, 5) is 3.00. The SMILES string of the molecule is c1cc(CNc2cn[nH]c2)c[nH]1. The maximum absolute atomic E-state index is 3.83. The lowest BCUT2D eigenvalue weighted by Gasteiger charge is -1.98. The van der Waals surface area contributed by atoms with Crippen LogP contribution in [0.5, 0.6) is 0 Å². The zero-order valence-electron chi connectivity index (χ0n) is 6.54. The summed E-state index contributed by atoms with van der Waals surface area (Å²) in [6.45, 7) is 0.822. The number of anilines is 1. The second-order valence-corrected chi connectivity index (χ2v) is 2.56. The predicted octanol–water partition coefficient (Wildman–Crippen LogP) is 1.35. The Morgan fingerprint density at radius 1 is 1.42 bits per heavy atom. The lowest BCUT2D eigenvalue weighted by Crippen LogP contribution is -1.96. The number of aromatic amines is 2. The van der Waals surface area contributed by atoms with Gasteiger partial charge in [0.2, 0.25) is 0 Å². The van der Waals surface area contributed by atoms with Crippen molar-refractivity contribution < 1.29 is 0 Å². The Morgan fingerprint density at radius 3 is 3.08 bits per heavy atom. The van der Waals surface area contributed by atoms with Gasteiger partial charge < -0.3 is 10.3 Å². The minimum absolute atomic E-state index is 0.822. The van der Waals surface area contributed by atoms with Gasteiger partial charge in [0.1, 0.15) is 0 Å². The highest BCUT2D eigenvalue weighted by Gasteiger charge is 1.93. The van der Waals surface area contributed by atoms with E-state index < -0.39 is 0 Å². The van der Waals surface area contributed by atoms with E-state index in [1.54, 1.807) is 6.20 Å². The molecule has 2 heterocycles. The van der Waals surface area contributed by atoms with Crippen molar-refractivity contribution in [1.82, 2.24) is 15.2 Å². The molecule has 0 radical (unpaired) electrons. The Balaban J connectivity index is 1.91. The highest BCUT2D eigenvalue weighted by atomic mass is 15.1. The van der Waals surface area contributed by atoms with Gasteiger partial charge in [0.25, 0.3) is 0 Å². The van der Waals surface area contributed by atoms with Gasteiger partial charge in [-0.1, -0.05) is 0 Å². The molecule has 3 N–H and O–H groups in total. The molecule has 0 aliphatic carbocycles. The van der Waals surface area contributed by atoms with E-state index in [0.29, 0.717) is 0 Å². The summed E-state index contributed by atoms with van der Waals surface area (Å²) >= 11 is 0. The van der Waals surface area contributed by atoms with E-state index in [4.69, 9.17) is 0 Å². The Hall–Kier alpha value is -1.71. The van der Waals surface area contributed by atoms with Crippen molar-refractivity contribution in [2.75, 3.05) is 5.32 Å². The Labute approximate surface area is 70.0 Å². The van der Waals surface area contributed by atoms with Gasteiger partial charge in [0.05, 0.1) is 11.9 Å². The van der Waals surface area contributed by atoms with E-state index in [1.165, 1.54) is 5.56 Å². The summed E-state index contributed by atoms with van der Waals surface area (Å²) in [6.07, 6.45) is 7.46. The third-order valence-corrected chi connectivity index (χ3v) is 1.66. The van der Waals surface area contributed by atoms with Crippen LogP contribution in [0.1, 0.15) is 5.56 Å². The lowest BCUT2D eigenvalue weighted by atomic mass is 10.3. The number of nitrogens with zero attached hydrogens (tertiary/aromatic N) is 1. The van der Waals surface area contributed by atoms with Crippen LogP contribution in [0.4, 0.5) is 5.69 Å². The van der Waals surface area contributed by atoms with E-state index in [2.05, 4.69) is 20.5 Å². The van der Waals surface area contributed by atoms with E-state index in [1.807, 2.05) is 24.7 Å². The van der Waals surface area contributed by atoms with Crippen LogP contribution in [0.25, 0.3) is 0 Å². The van der Waals surface area contributed by atoms with Crippen molar-refractivity contribution in [2.24, 2.45) is 0 Å². The molecule has 4 heteroatoms. The maximum Gasteiger partial charge on any atom is 0.0726 e. The zero-order valence-corrected chi connectivity index (χ0v) is 6.54. The molecule has 4 nitrogen and oxygen atoms in total. The largest absolute Gasteiger partial charge is 0.378 e. The molecule has 0 spiro atoms. The van der Waals surface area contributed by atoms with Gasteiger partial charge in [0.15, 0.2) is 0 Å². The van der Waals surface area contributed by atoms with Crippen LogP contribution in [0.3, 0.4) is 0 Å². The minimum Gasteiger partial charge on any atom is -0.378 e. The number of nitrogens with one attached hydrogen (secondary N) is 3. The standard InChI is InChI=1S/C8H10N4/c1-2-9-3-7(1)4-10-8-5-11-12-6-8/h1-3,5-6,9-10H,4H2,(H,11,12). The Bertz CT molecular complexity index is 274. The summed E-state index contributed by atoms with van der Waals surface area (Å²) in [5.41, 5.74) is 2.24. The van der Waals surface area contributed by atoms with Crippen molar-refractivity contribution in [2.45, 2.75) is 6.54 Å². The molecular formula is C8H10N4. The molecule has 12 heavy (non-hydrogen) atoms. The molecule has 0 amide bonds. The molecule has 2 rings (SSSR count). The molecular weight excluding hydrogens is 152 g/mol. The van der Waals surface area contributed by atoms with E-state index in [9.17, 15) is 0 Å². The molecule has 0 aliphatic rings. The van der Waals surface area contributed by atoms with Crippen LogP contribution < -0.4 is 5.32 Å². The van der Waals surface area contributed by atoms with E-state index in [-0.39, 0.29) is 0 Å². The summed E-state index contributed by atoms with van der Waals surface area (Å²) in [5, 5.41) is 9.78. The van der Waals surface area contributed by atoms with Crippen LogP contribution in [0, 0.1) is 0 Å². The average molecular weight is 162 g/mol. The van der Waals surface area contributed by atoms with Crippen molar-refractivity contribution in [3.63, 3.8) is 0 Å². The van der Waals surface area contributed by atoms with Gasteiger partial charge in [-0.2, -0.15) is 5.10 Å². The van der Waals surface area contributed by atoms with Crippen molar-refractivity contribution in [3.8, 4) is 0 Å². The molecule has 2 aromatic heterocycles. The first-order valence-electron chi connectivity index (χ1n) is 3.79. The lowest BCUT2D eigenvalue weighted by molar-refractivity contribution is 1.09. The van der Waals surface area contributed by atoms with Gasteiger partial charge in [-0.05, 0) is 11.6 Å². The Kier molecular flexibility index (Phi) is 1.82. The van der Waals surface area contributed by atoms with E-state index in [0.717, 1.165) is 12.2 Å². The van der Waals surface area contributed by atoms with Crippen LogP contribution in [0.2, 0.25) is 0 Å². The molecule has 0 fully saturated rings. The summed E-state index contributed by atoms with van der Waals surface area (Å²) in [7, 11) is 0. The van der Waals surface area contributed by atoms with Crippen molar-refractivity contribution in [3.05, 3.63) is 36.4 Å². The monoisotopic (exact) mass is 162 g/mol. The van der Waals surface area contributed by atoms with Crippen LogP contribution >= 0.6 is 0 Å². The third kappa shape index (κ3) is 1.47. The summed E-state index contributed by atoms with van der Waals surface area (Å²) in [6, 6.07) is 2.03. The normalized spacial score (nSPS) is 10.0. The molecule has 0 bridgehead atoms. The van der Waals surface area contributed by atoms with Gasteiger partial charge in [-0.15, -0.1) is 0 Å². The predicted molar refractivity (Wildman–Crippen MR) is 46.7 cm³/mol. The van der Waals surface area contributed by atoms with Crippen molar-refractivity contribution in [1.29, 1.82) is 0 Å². The number of rotatable bonds is 3. The fourth-order valence-corrected chi connectivity index (χ4v) is 1.02. The van der Waals surface area contributed by atoms with Crippen LogP contribution in [0.15, 0.2) is 30.9 Å². The maximum atomic E-state index is 3.83. The Morgan fingerprint density at radius 2 is 2.42 bits per heavy atom. The molecule has 2 aromatic rings. The summed E-state index contributed by atoms with van der Waals surface area (Å²) < 4.78 is 0. The molecule has 62 valence electrons. The molecule has 0 saturated heterocycles. The van der Waals surface area contributed by atoms with Gasteiger partial charge >= 0.3 is 0 Å². The third-order valence-electron chi connectivity index (χ3n) is 1.66. The quantitative estimate of drug-likeness (QED) is 0.638. The fraction of sp³-hybridized carbons (Fsp3) is 0.125. The second-order valence-electron chi connectivity index (χ2n) is 2.56. The minimum atomic E-state index is 0.822. The smallest absolute Gasteiger partial charge is 0.0726 e. The van der Waals surface area contributed by atoms with Gasteiger partial charge in [-0.3, -0.25) is 5.10 Å². The zero-order chi connectivity index (χ0) is 8.23. The second kappa shape index (κ2) is 3.13. The average Bonchev–Trinajstić information content (AvgIpc) is 2.74. The highest BCUT2D eigenvalue weighted by molar-refractivity contribution is 5.38. The first kappa shape index (κ1) is 6.97. The van der Waals surface area contributed by atoms with Crippen LogP contribution in [-0.2, 0) is 6.54 Å². The number of hydrogen-bond donors (Lipinski definition) is 3. The molecule has 0 unspecified atom stereocenters. The van der Waals surface area contributed by atoms with Crippen LogP contribution in [-0.4, -0.2) is 15.2 Å². The first-order chi connectivity index (χ1) is 5.95. The van der Waals surface area contributed by atoms with Gasteiger partial charge in [0, 0.05) is 25.1 Å². The first-order valence-corrected chi connectivity index (χ1v) is 3.79. The molecule has 0 aliphatic heterocycles. The fourth-order valence-electron chi connectivity index (χ4n) is 1.02. The molecule has 0 atom stereocenters. The molecule has 0 aromatic carbocycles.